The van der Waals surface area contributed by atoms with Crippen molar-refractivity contribution in [2.75, 3.05) is 47.9 Å². The molecular formula is C35H44Cl2N10O16P4. The largest absolute Gasteiger partial charge is 0.483 e. The highest BCUT2D eigenvalue weighted by Crippen LogP contribution is 2.57. The highest BCUT2D eigenvalue weighted by molar-refractivity contribution is 7.73. The molecule has 11 N–H and O–H groups in total. The van der Waals surface area contributed by atoms with E-state index in [-0.39, 0.29) is 51.5 Å². The molecule has 364 valence electrons. The minimum absolute atomic E-state index is 0.0184. The Bertz CT molecular complexity index is 2950. The zero-order valence-corrected chi connectivity index (χ0v) is 39.7. The van der Waals surface area contributed by atoms with Gasteiger partial charge in [0.05, 0.1) is 24.9 Å². The van der Waals surface area contributed by atoms with E-state index in [0.717, 1.165) is 17.5 Å². The lowest BCUT2D eigenvalue weighted by Gasteiger charge is -2.49. The number of aliphatic hydroxyl groups excluding tert-OH is 3. The second-order valence-corrected chi connectivity index (χ2v) is 27.2. The van der Waals surface area contributed by atoms with Gasteiger partial charge in [0.15, 0.2) is 47.0 Å². The number of anilines is 2. The van der Waals surface area contributed by atoms with Gasteiger partial charge in [0.25, 0.3) is 0 Å². The maximum absolute atomic E-state index is 12.7. The zero-order chi connectivity index (χ0) is 48.2. The van der Waals surface area contributed by atoms with Gasteiger partial charge in [0.2, 0.25) is 25.3 Å². The lowest BCUT2D eigenvalue weighted by molar-refractivity contribution is -0.0354. The second-order valence-electron chi connectivity index (χ2n) is 17.3. The Kier molecular flexibility index (Phi) is 12.8. The molecule has 67 heavy (non-hydrogen) atoms. The monoisotopic (exact) mass is 1050 g/mol. The van der Waals surface area contributed by atoms with Gasteiger partial charge in [0.1, 0.15) is 41.4 Å². The normalized spacial score (nSPS) is 28.0. The number of aryl methyl sites for hydroxylation is 1. The Morgan fingerprint density at radius 3 is 1.93 bits per heavy atom. The van der Waals surface area contributed by atoms with Crippen molar-refractivity contribution in [1.29, 1.82) is 0 Å². The van der Waals surface area contributed by atoms with Crippen molar-refractivity contribution >= 4 is 87.1 Å². The predicted octanol–water partition coefficient (Wildman–Crippen LogP) is 1.48. The van der Waals surface area contributed by atoms with Crippen LogP contribution >= 0.6 is 53.1 Å². The first-order valence-corrected chi connectivity index (χ1v) is 28.9. The number of hydrogen-bond acceptors (Lipinski definition) is 18. The molecule has 0 amide bonds. The maximum atomic E-state index is 12.7. The summed E-state index contributed by atoms with van der Waals surface area (Å²) in [6.07, 6.45) is -7.95. The van der Waals surface area contributed by atoms with E-state index in [2.05, 4.69) is 29.9 Å². The van der Waals surface area contributed by atoms with Gasteiger partial charge in [-0.05, 0) is 72.1 Å². The predicted molar refractivity (Wildman–Crippen MR) is 236 cm³/mol. The first-order valence-electron chi connectivity index (χ1n) is 20.5. The number of benzene rings is 1. The number of hydrogen-bond donors (Lipinski definition) is 10. The van der Waals surface area contributed by atoms with E-state index in [0.29, 0.717) is 36.6 Å². The van der Waals surface area contributed by atoms with Crippen LogP contribution in [0.15, 0.2) is 30.9 Å². The van der Waals surface area contributed by atoms with E-state index < -0.39 is 103 Å². The fraction of sp³-hybridized carbons (Fsp3) is 0.543. The van der Waals surface area contributed by atoms with Crippen molar-refractivity contribution < 1.29 is 77.2 Å². The molecule has 3 fully saturated rings. The van der Waals surface area contributed by atoms with Crippen LogP contribution in [-0.4, -0.2) is 158 Å². The first-order chi connectivity index (χ1) is 31.3. The molecule has 4 aliphatic rings. The maximum Gasteiger partial charge on any atom is 0.335 e. The lowest BCUT2D eigenvalue weighted by atomic mass is 9.75. The highest BCUT2D eigenvalue weighted by atomic mass is 35.5. The summed E-state index contributed by atoms with van der Waals surface area (Å²) in [5.74, 6) is -1.72. The number of aromatic nitrogens is 8. The average molecular weight is 1060 g/mol. The molecule has 6 unspecified atom stereocenters. The minimum Gasteiger partial charge on any atom is -0.483 e. The van der Waals surface area contributed by atoms with E-state index in [1.165, 1.54) is 21.8 Å². The minimum atomic E-state index is -4.83. The number of nitrogens with zero attached hydrogens (tertiary/aromatic N) is 9. The van der Waals surface area contributed by atoms with Crippen LogP contribution in [-0.2, 0) is 39.6 Å². The van der Waals surface area contributed by atoms with Crippen LogP contribution in [0.3, 0.4) is 0 Å². The summed E-state index contributed by atoms with van der Waals surface area (Å²) in [5.41, 5.74) is 8.54. The smallest absolute Gasteiger partial charge is 0.335 e. The number of nitrogens with two attached hydrogens (primary N) is 1. The number of nitrogen functional groups attached to an aromatic ring is 1. The molecule has 0 bridgehead atoms. The van der Waals surface area contributed by atoms with E-state index in [9.17, 15) is 62.9 Å². The molecule has 7 heterocycles. The van der Waals surface area contributed by atoms with Crippen LogP contribution in [0.4, 0.5) is 11.6 Å². The Balaban J connectivity index is 0.916. The lowest BCUT2D eigenvalue weighted by Crippen LogP contribution is -2.58. The van der Waals surface area contributed by atoms with E-state index in [4.69, 9.17) is 43.1 Å². The SMILES string of the molecule is Nc1nc(Cl)nc2c1ncn2[C@@H]1O[C@H](CCP(=O)(O)CP(=O)(O)O)C(O)C1Oc1ccc2c(c1)CCC21CN(c2nc(Cl)nc3c2ncn3[C@@H]2O[C@H](CCP(=O)(O)CP(=O)(O)O)C(O)C2O)C1. The number of aliphatic hydroxyl groups is 3. The van der Waals surface area contributed by atoms with Gasteiger partial charge in [0, 0.05) is 30.8 Å². The molecule has 0 saturated carbocycles. The number of halogens is 2. The topological polar surface area (TPSA) is 395 Å². The van der Waals surface area contributed by atoms with Gasteiger partial charge in [-0.3, -0.25) is 27.4 Å². The molecule has 3 saturated heterocycles. The Morgan fingerprint density at radius 2 is 1.30 bits per heavy atom. The first kappa shape index (κ1) is 48.8. The summed E-state index contributed by atoms with van der Waals surface area (Å²) >= 11 is 12.6. The van der Waals surface area contributed by atoms with Crippen LogP contribution in [0.1, 0.15) is 42.8 Å². The van der Waals surface area contributed by atoms with Gasteiger partial charge in [-0.2, -0.15) is 19.9 Å². The summed E-state index contributed by atoms with van der Waals surface area (Å²) < 4.78 is 69.3. The summed E-state index contributed by atoms with van der Waals surface area (Å²) in [7, 11) is -18.3. The Hall–Kier alpha value is -3.22. The molecule has 26 nitrogen and oxygen atoms in total. The molecule has 5 aromatic rings. The summed E-state index contributed by atoms with van der Waals surface area (Å²) in [6, 6.07) is 5.51. The van der Waals surface area contributed by atoms with Gasteiger partial charge in [-0.25, -0.2) is 9.97 Å². The van der Waals surface area contributed by atoms with Gasteiger partial charge in [-0.15, -0.1) is 0 Å². The highest BCUT2D eigenvalue weighted by Gasteiger charge is 2.52. The Morgan fingerprint density at radius 1 is 0.746 bits per heavy atom. The summed E-state index contributed by atoms with van der Waals surface area (Å²) in [5, 5.41) is 33.1. The van der Waals surface area contributed by atoms with E-state index in [1.54, 1.807) is 6.07 Å². The molecule has 4 aromatic heterocycles. The van der Waals surface area contributed by atoms with Crippen molar-refractivity contribution in [2.24, 2.45) is 0 Å². The zero-order valence-electron chi connectivity index (χ0n) is 34.6. The van der Waals surface area contributed by atoms with Gasteiger partial charge in [-0.1, -0.05) is 6.07 Å². The van der Waals surface area contributed by atoms with Crippen molar-refractivity contribution in [3.63, 3.8) is 0 Å². The number of imidazole rings is 2. The summed E-state index contributed by atoms with van der Waals surface area (Å²) in [6.45, 7) is 0.983. The third-order valence-electron chi connectivity index (χ3n) is 12.4. The van der Waals surface area contributed by atoms with Crippen molar-refractivity contribution in [3.05, 3.63) is 52.5 Å². The molecule has 1 spiro atoms. The number of fused-ring (bicyclic) bond motifs is 4. The third-order valence-corrected chi connectivity index (χ3v) is 21.1. The molecule has 0 radical (unpaired) electrons. The average Bonchev–Trinajstić information content (AvgIpc) is 4.01. The standard InChI is InChI=1S/C35H44Cl2N10O16P4/c36-33-41-27(38)21-29(43-33)47(12-39-21)32-26(24(49)20(63-32)5-8-65(53,54)15-67(58,59)60)61-17-1-2-18-16(9-17)3-6-35(18)10-45(11-35)28-22-30(44-34(37)42-28)46(13-40-22)31-25(50)23(48)19(62-31)4-7-64(51,52)14-66(55,56)57/h1-2,9,12-13,19-20,23-26,31-32,48-50H,3-8,10-11,14-15H2,(H,51,52)(H,53,54)(H2,38,41,43)(H2,55,56,57)(H2,58,59,60)/t19-,20-,23?,24?,25?,26?,31-,32-/m1/s1. The molecule has 1 aromatic carbocycles. The van der Waals surface area contributed by atoms with Gasteiger partial charge < -0.3 is 69.5 Å². The third kappa shape index (κ3) is 9.81. The second kappa shape index (κ2) is 17.6. The van der Waals surface area contributed by atoms with Crippen molar-refractivity contribution in [1.82, 2.24) is 39.0 Å². The van der Waals surface area contributed by atoms with Crippen LogP contribution < -0.4 is 15.4 Å². The van der Waals surface area contributed by atoms with Crippen molar-refractivity contribution in [3.8, 4) is 5.75 Å². The molecule has 32 heteroatoms. The van der Waals surface area contributed by atoms with E-state index in [1.807, 2.05) is 17.0 Å². The number of ether oxygens (including phenoxy) is 3. The Labute approximate surface area is 388 Å². The fourth-order valence-electron chi connectivity index (χ4n) is 9.46. The summed E-state index contributed by atoms with van der Waals surface area (Å²) in [4.78, 5) is 85.1. The quantitative estimate of drug-likeness (QED) is 0.0524. The molecular weight excluding hydrogens is 1010 g/mol. The molecule has 9 rings (SSSR count). The molecule has 3 aliphatic heterocycles. The van der Waals surface area contributed by atoms with Crippen LogP contribution in [0.25, 0.3) is 22.3 Å². The van der Waals surface area contributed by atoms with Crippen LogP contribution in [0.2, 0.25) is 10.6 Å². The number of rotatable bonds is 15. The van der Waals surface area contributed by atoms with E-state index >= 15 is 0 Å². The fourth-order valence-corrected chi connectivity index (χ4v) is 16.8. The van der Waals surface area contributed by atoms with Crippen LogP contribution in [0, 0.1) is 0 Å². The van der Waals surface area contributed by atoms with Gasteiger partial charge >= 0.3 is 15.2 Å². The van der Waals surface area contributed by atoms with Crippen molar-refractivity contribution in [2.45, 2.75) is 80.2 Å². The molecule has 1 aliphatic carbocycles. The molecule has 10 atom stereocenters. The van der Waals surface area contributed by atoms with Crippen LogP contribution in [0.5, 0.6) is 5.75 Å².